The molecule has 6 nitrogen and oxygen atoms in total. The highest BCUT2D eigenvalue weighted by molar-refractivity contribution is 7.80. The fraction of sp³-hybridized carbons (Fsp3) is 0.0476. The zero-order chi connectivity index (χ0) is 20.5. The van der Waals surface area contributed by atoms with Gasteiger partial charge in [-0.25, -0.2) is 0 Å². The highest BCUT2D eigenvalue weighted by Crippen LogP contribution is 2.30. The minimum absolute atomic E-state index is 0.00991. The van der Waals surface area contributed by atoms with E-state index in [1.54, 1.807) is 30.3 Å². The molecule has 0 unspecified atom stereocenters. The van der Waals surface area contributed by atoms with Gasteiger partial charge >= 0.3 is 0 Å². The Hall–Kier alpha value is -3.29. The second-order valence-corrected chi connectivity index (χ2v) is 7.14. The number of fused-ring (bicyclic) bond motifs is 1. The van der Waals surface area contributed by atoms with E-state index < -0.39 is 11.8 Å². The Morgan fingerprint density at radius 2 is 1.97 bits per heavy atom. The first-order valence-electron chi connectivity index (χ1n) is 8.63. The number of thiocarbonyl (C=S) groups is 1. The van der Waals surface area contributed by atoms with Gasteiger partial charge in [-0.2, -0.15) is 0 Å². The molecule has 0 bridgehead atoms. The van der Waals surface area contributed by atoms with Crippen LogP contribution in [0.3, 0.4) is 0 Å². The van der Waals surface area contributed by atoms with Crippen molar-refractivity contribution in [1.29, 1.82) is 0 Å². The van der Waals surface area contributed by atoms with E-state index in [0.717, 1.165) is 10.9 Å². The summed E-state index contributed by atoms with van der Waals surface area (Å²) in [6.45, 7) is 3.82. The lowest BCUT2D eigenvalue weighted by atomic mass is 10.0. The quantitative estimate of drug-likeness (QED) is 0.297. The summed E-state index contributed by atoms with van der Waals surface area (Å²) >= 11 is 11.0. The Balaban J connectivity index is 1.76. The molecule has 1 aromatic heterocycles. The zero-order valence-corrected chi connectivity index (χ0v) is 16.6. The predicted molar refractivity (Wildman–Crippen MR) is 115 cm³/mol. The van der Waals surface area contributed by atoms with E-state index in [9.17, 15) is 9.59 Å². The van der Waals surface area contributed by atoms with Crippen LogP contribution in [0.2, 0.25) is 5.02 Å². The van der Waals surface area contributed by atoms with E-state index in [4.69, 9.17) is 28.3 Å². The molecule has 1 aliphatic heterocycles. The standard InChI is InChI=1S/C21H14ClN3O3S/c1-2-9-25-20(27)16(19(26)23-21(25)29)11-12-3-8-17-15(10-12)18(28-24-17)13-4-6-14(22)7-5-13/h2-8,10-11H,1,9H2,(H,23,26,29). The van der Waals surface area contributed by atoms with Crippen molar-refractivity contribution in [3.63, 3.8) is 0 Å². The third kappa shape index (κ3) is 3.57. The minimum Gasteiger partial charge on any atom is -0.355 e. The highest BCUT2D eigenvalue weighted by Gasteiger charge is 2.32. The van der Waals surface area contributed by atoms with Crippen molar-refractivity contribution in [2.75, 3.05) is 6.54 Å². The van der Waals surface area contributed by atoms with E-state index in [1.165, 1.54) is 11.0 Å². The molecule has 1 N–H and O–H groups in total. The average molecular weight is 424 g/mol. The van der Waals surface area contributed by atoms with Gasteiger partial charge in [0.1, 0.15) is 11.1 Å². The van der Waals surface area contributed by atoms with Crippen molar-refractivity contribution in [3.8, 4) is 11.3 Å². The monoisotopic (exact) mass is 423 g/mol. The smallest absolute Gasteiger partial charge is 0.265 e. The van der Waals surface area contributed by atoms with Crippen molar-refractivity contribution in [3.05, 3.63) is 71.3 Å². The highest BCUT2D eigenvalue weighted by atomic mass is 35.5. The Morgan fingerprint density at radius 3 is 2.69 bits per heavy atom. The lowest BCUT2D eigenvalue weighted by Crippen LogP contribution is -2.53. The molecule has 1 saturated heterocycles. The van der Waals surface area contributed by atoms with Gasteiger partial charge < -0.3 is 4.52 Å². The normalized spacial score (nSPS) is 15.8. The third-order valence-electron chi connectivity index (χ3n) is 4.42. The third-order valence-corrected chi connectivity index (χ3v) is 4.99. The van der Waals surface area contributed by atoms with Crippen LogP contribution in [-0.2, 0) is 9.59 Å². The number of hydrogen-bond acceptors (Lipinski definition) is 5. The number of amides is 2. The molecule has 0 spiro atoms. The molecule has 1 aliphatic rings. The first kappa shape index (κ1) is 19.0. The molecule has 2 heterocycles. The van der Waals surface area contributed by atoms with E-state index in [0.29, 0.717) is 21.9 Å². The fourth-order valence-corrected chi connectivity index (χ4v) is 3.39. The van der Waals surface area contributed by atoms with Crippen molar-refractivity contribution in [2.45, 2.75) is 0 Å². The molecule has 29 heavy (non-hydrogen) atoms. The second kappa shape index (κ2) is 7.62. The van der Waals surface area contributed by atoms with Crippen LogP contribution in [0, 0.1) is 0 Å². The van der Waals surface area contributed by atoms with Crippen molar-refractivity contribution >= 4 is 57.7 Å². The van der Waals surface area contributed by atoms with Crippen LogP contribution in [-0.4, -0.2) is 33.5 Å². The maximum absolute atomic E-state index is 12.7. The van der Waals surface area contributed by atoms with Crippen LogP contribution < -0.4 is 5.32 Å². The van der Waals surface area contributed by atoms with Crippen LogP contribution >= 0.6 is 23.8 Å². The largest absolute Gasteiger partial charge is 0.355 e. The van der Waals surface area contributed by atoms with E-state index in [2.05, 4.69) is 17.1 Å². The number of halogens is 1. The van der Waals surface area contributed by atoms with Crippen LogP contribution in [0.15, 0.2) is 65.2 Å². The van der Waals surface area contributed by atoms with Gasteiger partial charge in [-0.15, -0.1) is 6.58 Å². The number of aromatic nitrogens is 1. The SMILES string of the molecule is C=CCN1C(=O)C(=Cc2ccc3noc(-c4ccc(Cl)cc4)c3c2)C(=O)NC1=S. The molecule has 0 atom stereocenters. The van der Waals surface area contributed by atoms with Gasteiger partial charge in [0.05, 0.1) is 5.39 Å². The summed E-state index contributed by atoms with van der Waals surface area (Å²) in [7, 11) is 0. The molecular weight excluding hydrogens is 410 g/mol. The lowest BCUT2D eigenvalue weighted by Gasteiger charge is -2.27. The summed E-state index contributed by atoms with van der Waals surface area (Å²) in [6, 6.07) is 12.5. The molecule has 8 heteroatoms. The fourth-order valence-electron chi connectivity index (χ4n) is 3.01. The van der Waals surface area contributed by atoms with Gasteiger partial charge in [-0.1, -0.05) is 28.9 Å². The minimum atomic E-state index is -0.538. The molecule has 2 aromatic carbocycles. The zero-order valence-electron chi connectivity index (χ0n) is 15.0. The number of nitrogens with zero attached hydrogens (tertiary/aromatic N) is 2. The summed E-state index contributed by atoms with van der Waals surface area (Å²) in [5.41, 5.74) is 2.12. The number of hydrogen-bond donors (Lipinski definition) is 1. The van der Waals surface area contributed by atoms with E-state index >= 15 is 0 Å². The molecule has 3 aromatic rings. The first-order chi connectivity index (χ1) is 14.0. The van der Waals surface area contributed by atoms with E-state index in [-0.39, 0.29) is 17.2 Å². The molecule has 4 rings (SSSR count). The van der Waals surface area contributed by atoms with E-state index in [1.807, 2.05) is 18.2 Å². The Kier molecular flexibility index (Phi) is 5.00. The van der Waals surface area contributed by atoms with Gasteiger partial charge in [-0.05, 0) is 60.3 Å². The number of carbonyl (C=O) groups excluding carboxylic acids is 2. The van der Waals surface area contributed by atoms with Crippen LogP contribution in [0.4, 0.5) is 0 Å². The molecule has 0 aliphatic carbocycles. The molecule has 2 amide bonds. The van der Waals surface area contributed by atoms with Crippen LogP contribution in [0.25, 0.3) is 28.3 Å². The molecule has 144 valence electrons. The lowest BCUT2D eigenvalue weighted by molar-refractivity contribution is -0.128. The summed E-state index contributed by atoms with van der Waals surface area (Å²) in [4.78, 5) is 26.3. The summed E-state index contributed by atoms with van der Waals surface area (Å²) in [5, 5.41) is 8.04. The summed E-state index contributed by atoms with van der Waals surface area (Å²) in [5.74, 6) is -0.434. The van der Waals surface area contributed by atoms with Gasteiger partial charge in [0, 0.05) is 17.1 Å². The van der Waals surface area contributed by atoms with Gasteiger partial charge in [-0.3, -0.25) is 19.8 Å². The average Bonchev–Trinajstić information content (AvgIpc) is 3.12. The molecule has 0 saturated carbocycles. The molecule has 0 radical (unpaired) electrons. The van der Waals surface area contributed by atoms with Crippen LogP contribution in [0.5, 0.6) is 0 Å². The van der Waals surface area contributed by atoms with Gasteiger partial charge in [0.15, 0.2) is 10.9 Å². The summed E-state index contributed by atoms with van der Waals surface area (Å²) in [6.07, 6.45) is 3.06. The number of benzene rings is 2. The number of rotatable bonds is 4. The van der Waals surface area contributed by atoms with Gasteiger partial charge in [0.2, 0.25) is 0 Å². The van der Waals surface area contributed by atoms with Crippen molar-refractivity contribution in [2.24, 2.45) is 0 Å². The number of carbonyl (C=O) groups is 2. The number of nitrogens with one attached hydrogen (secondary N) is 1. The van der Waals surface area contributed by atoms with Crippen LogP contribution in [0.1, 0.15) is 5.56 Å². The predicted octanol–water partition coefficient (Wildman–Crippen LogP) is 3.96. The second-order valence-electron chi connectivity index (χ2n) is 6.32. The van der Waals surface area contributed by atoms with Gasteiger partial charge in [0.25, 0.3) is 11.8 Å². The Morgan fingerprint density at radius 1 is 1.21 bits per heavy atom. The van der Waals surface area contributed by atoms with Crippen molar-refractivity contribution < 1.29 is 14.1 Å². The Labute approximate surface area is 176 Å². The maximum atomic E-state index is 12.7. The first-order valence-corrected chi connectivity index (χ1v) is 9.41. The molecule has 1 fully saturated rings. The topological polar surface area (TPSA) is 75.4 Å². The summed E-state index contributed by atoms with van der Waals surface area (Å²) < 4.78 is 5.49. The molecular formula is C21H14ClN3O3S. The van der Waals surface area contributed by atoms with Crippen molar-refractivity contribution in [1.82, 2.24) is 15.4 Å². The maximum Gasteiger partial charge on any atom is 0.265 e. The Bertz CT molecular complexity index is 1200.